The number of hydrogen-bond acceptors (Lipinski definition) is 4. The van der Waals surface area contributed by atoms with Gasteiger partial charge in [-0.15, -0.1) is 11.8 Å². The molecule has 0 saturated heterocycles. The Morgan fingerprint density at radius 1 is 1.07 bits per heavy atom. The Morgan fingerprint density at radius 2 is 1.80 bits per heavy atom. The Balaban J connectivity index is 1.75. The topological polar surface area (TPSA) is 33.2 Å². The van der Waals surface area contributed by atoms with Crippen molar-refractivity contribution < 1.29 is 4.79 Å². The van der Waals surface area contributed by atoms with E-state index in [4.69, 9.17) is 16.6 Å². The fraction of sp³-hybridized carbons (Fsp3) is 0.167. The van der Waals surface area contributed by atoms with Crippen molar-refractivity contribution in [3.05, 3.63) is 88.4 Å². The molecule has 3 aromatic carbocycles. The van der Waals surface area contributed by atoms with Crippen LogP contribution in [0.5, 0.6) is 0 Å². The molecule has 0 atom stereocenters. The number of rotatable bonds is 6. The molecule has 0 saturated carbocycles. The van der Waals surface area contributed by atoms with Gasteiger partial charge in [0.2, 0.25) is 0 Å². The third kappa shape index (κ3) is 4.38. The summed E-state index contributed by atoms with van der Waals surface area (Å²) in [4.78, 5) is 21.2. The van der Waals surface area contributed by atoms with Crippen LogP contribution in [0.4, 0.5) is 5.13 Å². The summed E-state index contributed by atoms with van der Waals surface area (Å²) in [6.07, 6.45) is 0. The van der Waals surface area contributed by atoms with Gasteiger partial charge in [0.1, 0.15) is 0 Å². The van der Waals surface area contributed by atoms with Crippen molar-refractivity contribution in [3.63, 3.8) is 0 Å². The van der Waals surface area contributed by atoms with Crippen LogP contribution in [-0.4, -0.2) is 16.6 Å². The van der Waals surface area contributed by atoms with Gasteiger partial charge in [-0.3, -0.25) is 9.69 Å². The molecule has 4 aromatic rings. The minimum atomic E-state index is -0.0697. The molecule has 6 heteroatoms. The number of hydrogen-bond donors (Lipinski definition) is 0. The highest BCUT2D eigenvalue weighted by Crippen LogP contribution is 2.36. The highest BCUT2D eigenvalue weighted by atomic mass is 35.5. The molecule has 4 rings (SSSR count). The average Bonchev–Trinajstić information content (AvgIpc) is 3.22. The number of halogens is 1. The van der Waals surface area contributed by atoms with Crippen LogP contribution in [0.2, 0.25) is 5.02 Å². The van der Waals surface area contributed by atoms with Gasteiger partial charge in [-0.1, -0.05) is 66.3 Å². The van der Waals surface area contributed by atoms with Gasteiger partial charge in [0.15, 0.2) is 5.13 Å². The Labute approximate surface area is 189 Å². The summed E-state index contributed by atoms with van der Waals surface area (Å²) in [5.41, 5.74) is 3.59. The summed E-state index contributed by atoms with van der Waals surface area (Å²) in [6.45, 7) is 4.57. The number of thiazole rings is 1. The first kappa shape index (κ1) is 20.9. The molecule has 1 aromatic heterocycles. The van der Waals surface area contributed by atoms with E-state index in [1.54, 1.807) is 16.7 Å². The maximum atomic E-state index is 13.5. The van der Waals surface area contributed by atoms with E-state index in [0.717, 1.165) is 32.0 Å². The highest BCUT2D eigenvalue weighted by molar-refractivity contribution is 7.99. The second kappa shape index (κ2) is 9.21. The molecule has 0 fully saturated rings. The number of aryl methyl sites for hydroxylation is 1. The lowest BCUT2D eigenvalue weighted by molar-refractivity contribution is 0.0985. The highest BCUT2D eigenvalue weighted by Gasteiger charge is 2.23. The van der Waals surface area contributed by atoms with Crippen molar-refractivity contribution in [3.8, 4) is 0 Å². The normalized spacial score (nSPS) is 11.0. The van der Waals surface area contributed by atoms with Gasteiger partial charge in [0.05, 0.1) is 21.8 Å². The van der Waals surface area contributed by atoms with Gasteiger partial charge in [0.25, 0.3) is 5.91 Å². The third-order valence-electron chi connectivity index (χ3n) is 4.76. The molecule has 0 bridgehead atoms. The molecule has 0 N–H and O–H groups in total. The van der Waals surface area contributed by atoms with Crippen LogP contribution < -0.4 is 4.90 Å². The average molecular weight is 453 g/mol. The van der Waals surface area contributed by atoms with Gasteiger partial charge in [-0.2, -0.15) is 0 Å². The van der Waals surface area contributed by atoms with Crippen molar-refractivity contribution in [1.29, 1.82) is 0 Å². The van der Waals surface area contributed by atoms with Crippen LogP contribution >= 0.6 is 34.7 Å². The number of carbonyl (C=O) groups is 1. The Morgan fingerprint density at radius 3 is 2.47 bits per heavy atom. The minimum Gasteiger partial charge on any atom is -0.279 e. The number of nitrogens with zero attached hydrogens (tertiary/aromatic N) is 2. The predicted molar refractivity (Wildman–Crippen MR) is 129 cm³/mol. The van der Waals surface area contributed by atoms with Gasteiger partial charge in [-0.05, 0) is 54.1 Å². The maximum Gasteiger partial charge on any atom is 0.260 e. The molecule has 1 heterocycles. The van der Waals surface area contributed by atoms with Crippen molar-refractivity contribution in [2.24, 2.45) is 0 Å². The Kier molecular flexibility index (Phi) is 6.42. The Bertz CT molecular complexity index is 1130. The molecule has 0 aliphatic rings. The number of carbonyl (C=O) groups excluding carboxylic acids is 1. The first-order valence-corrected chi connectivity index (χ1v) is 11.9. The number of benzene rings is 3. The van der Waals surface area contributed by atoms with Crippen molar-refractivity contribution >= 4 is 56.0 Å². The third-order valence-corrected chi connectivity index (χ3v) is 7.19. The zero-order valence-corrected chi connectivity index (χ0v) is 19.2. The largest absolute Gasteiger partial charge is 0.279 e. The van der Waals surface area contributed by atoms with Gasteiger partial charge in [0, 0.05) is 10.5 Å². The van der Waals surface area contributed by atoms with Crippen LogP contribution in [0, 0.1) is 6.92 Å². The maximum absolute atomic E-state index is 13.5. The molecule has 1 amide bonds. The van der Waals surface area contributed by atoms with Crippen LogP contribution in [0.1, 0.15) is 28.4 Å². The second-order valence-electron chi connectivity index (χ2n) is 6.87. The van der Waals surface area contributed by atoms with E-state index in [2.05, 4.69) is 6.92 Å². The smallest absolute Gasteiger partial charge is 0.260 e. The number of thioether (sulfide) groups is 1. The minimum absolute atomic E-state index is 0.0697. The summed E-state index contributed by atoms with van der Waals surface area (Å²) >= 11 is 9.63. The lowest BCUT2D eigenvalue weighted by Crippen LogP contribution is -2.30. The molecule has 30 heavy (non-hydrogen) atoms. The van der Waals surface area contributed by atoms with E-state index in [9.17, 15) is 4.79 Å². The van der Waals surface area contributed by atoms with Crippen molar-refractivity contribution in [1.82, 2.24) is 4.98 Å². The van der Waals surface area contributed by atoms with E-state index in [1.807, 2.05) is 73.7 Å². The Hall–Kier alpha value is -2.34. The molecular weight excluding hydrogens is 432 g/mol. The first-order chi connectivity index (χ1) is 14.6. The molecule has 0 unspecified atom stereocenters. The van der Waals surface area contributed by atoms with Crippen molar-refractivity contribution in [2.75, 3.05) is 10.7 Å². The lowest BCUT2D eigenvalue weighted by Gasteiger charge is -2.20. The van der Waals surface area contributed by atoms with E-state index >= 15 is 0 Å². The predicted octanol–water partition coefficient (Wildman–Crippen LogP) is 7.22. The summed E-state index contributed by atoms with van der Waals surface area (Å²) in [6, 6.07) is 21.6. The summed E-state index contributed by atoms with van der Waals surface area (Å²) in [5.74, 6) is 0.930. The summed E-state index contributed by atoms with van der Waals surface area (Å²) < 4.78 is 0.909. The molecule has 152 valence electrons. The van der Waals surface area contributed by atoms with Crippen LogP contribution in [-0.2, 0) is 6.54 Å². The SMILES string of the molecule is CCSc1ccc(C(=O)N(Cc2ccccc2)c2nc3c(C)ccc(Cl)c3s2)cc1. The van der Waals surface area contributed by atoms with E-state index < -0.39 is 0 Å². The van der Waals surface area contributed by atoms with Crippen LogP contribution in [0.3, 0.4) is 0 Å². The standard InChI is InChI=1S/C24H21ClN2OS2/c1-3-29-19-12-10-18(11-13-19)23(28)27(15-17-7-5-4-6-8-17)24-26-21-16(2)9-14-20(25)22(21)30-24/h4-14H,3,15H2,1-2H3. The van der Waals surface area contributed by atoms with E-state index in [-0.39, 0.29) is 5.91 Å². The summed E-state index contributed by atoms with van der Waals surface area (Å²) in [7, 11) is 0. The molecule has 0 spiro atoms. The fourth-order valence-corrected chi connectivity index (χ4v) is 5.19. The molecule has 0 aliphatic carbocycles. The van der Waals surface area contributed by atoms with E-state index in [1.165, 1.54) is 11.3 Å². The molecule has 0 radical (unpaired) electrons. The lowest BCUT2D eigenvalue weighted by atomic mass is 10.1. The summed E-state index contributed by atoms with van der Waals surface area (Å²) in [5, 5.41) is 1.31. The molecular formula is C24H21ClN2OS2. The quantitative estimate of drug-likeness (QED) is 0.289. The fourth-order valence-electron chi connectivity index (χ4n) is 3.21. The number of amides is 1. The van der Waals surface area contributed by atoms with Gasteiger partial charge >= 0.3 is 0 Å². The van der Waals surface area contributed by atoms with Crippen molar-refractivity contribution in [2.45, 2.75) is 25.3 Å². The van der Waals surface area contributed by atoms with Gasteiger partial charge in [-0.25, -0.2) is 4.98 Å². The number of aromatic nitrogens is 1. The molecule has 0 aliphatic heterocycles. The first-order valence-electron chi connectivity index (χ1n) is 9.71. The monoisotopic (exact) mass is 452 g/mol. The molecule has 3 nitrogen and oxygen atoms in total. The zero-order valence-electron chi connectivity index (χ0n) is 16.8. The second-order valence-corrected chi connectivity index (χ2v) is 9.59. The zero-order chi connectivity index (χ0) is 21.1. The van der Waals surface area contributed by atoms with Crippen LogP contribution in [0.25, 0.3) is 10.2 Å². The number of anilines is 1. The number of fused-ring (bicyclic) bond motifs is 1. The van der Waals surface area contributed by atoms with Gasteiger partial charge < -0.3 is 0 Å². The van der Waals surface area contributed by atoms with E-state index in [0.29, 0.717) is 22.3 Å². The van der Waals surface area contributed by atoms with Crippen LogP contribution in [0.15, 0.2) is 71.6 Å².